The van der Waals surface area contributed by atoms with Crippen LogP contribution >= 0.6 is 0 Å². The summed E-state index contributed by atoms with van der Waals surface area (Å²) in [6.45, 7) is 8.70. The zero-order chi connectivity index (χ0) is 20.1. The zero-order valence-electron chi connectivity index (χ0n) is 18.5. The van der Waals surface area contributed by atoms with Crippen molar-refractivity contribution in [2.24, 2.45) is 0 Å². The number of likely N-dealkylation sites (tertiary alicyclic amines) is 1. The Balaban J connectivity index is 0.00000420. The van der Waals surface area contributed by atoms with E-state index in [0.717, 1.165) is 37.0 Å². The van der Waals surface area contributed by atoms with Gasteiger partial charge in [-0.15, -0.1) is 0 Å². The molecule has 0 aromatic heterocycles. The highest BCUT2D eigenvalue weighted by Crippen LogP contribution is 2.20. The molecule has 0 atom stereocenters. The first-order valence-corrected chi connectivity index (χ1v) is 11.3. The molecular formula is C25H40ClNO2. The smallest absolute Gasteiger partial charge is 0.361 e. The van der Waals surface area contributed by atoms with Crippen molar-refractivity contribution in [3.8, 4) is 0 Å². The quantitative estimate of drug-likeness (QED) is 0.224. The Morgan fingerprint density at radius 3 is 2.41 bits per heavy atom. The summed E-state index contributed by atoms with van der Waals surface area (Å²) in [4.78, 5) is 12.5. The van der Waals surface area contributed by atoms with Gasteiger partial charge in [-0.25, -0.2) is 4.79 Å². The summed E-state index contributed by atoms with van der Waals surface area (Å²) in [5.74, 6) is -0.00787. The van der Waals surface area contributed by atoms with Crippen LogP contribution in [-0.4, -0.2) is 43.2 Å². The second-order valence-corrected chi connectivity index (χ2v) is 8.54. The summed E-state index contributed by atoms with van der Waals surface area (Å²) in [6, 6.07) is 10.6. The van der Waals surface area contributed by atoms with Gasteiger partial charge < -0.3 is 21.6 Å². The molecule has 0 amide bonds. The lowest BCUT2D eigenvalue weighted by Gasteiger charge is -2.40. The van der Waals surface area contributed by atoms with Gasteiger partial charge in [0.05, 0.1) is 26.2 Å². The van der Waals surface area contributed by atoms with Gasteiger partial charge >= 0.3 is 5.97 Å². The van der Waals surface area contributed by atoms with Crippen LogP contribution in [0.5, 0.6) is 0 Å². The van der Waals surface area contributed by atoms with Crippen LogP contribution in [-0.2, 0) is 16.0 Å². The molecular weight excluding hydrogens is 382 g/mol. The van der Waals surface area contributed by atoms with Gasteiger partial charge in [0.15, 0.2) is 6.54 Å². The number of nitrogens with zero attached hydrogens (tertiary/aromatic N) is 1. The average molecular weight is 422 g/mol. The highest BCUT2D eigenvalue weighted by Gasteiger charge is 2.32. The molecule has 1 saturated heterocycles. The van der Waals surface area contributed by atoms with Crippen LogP contribution in [0.15, 0.2) is 42.0 Å². The molecule has 0 radical (unpaired) electrons. The van der Waals surface area contributed by atoms with E-state index in [-0.39, 0.29) is 18.4 Å². The molecule has 1 fully saturated rings. The van der Waals surface area contributed by atoms with Gasteiger partial charge in [0.25, 0.3) is 0 Å². The molecule has 0 aliphatic carbocycles. The monoisotopic (exact) mass is 421 g/mol. The maximum absolute atomic E-state index is 12.5. The van der Waals surface area contributed by atoms with Crippen LogP contribution in [0.2, 0.25) is 0 Å². The molecule has 1 aliphatic heterocycles. The highest BCUT2D eigenvalue weighted by atomic mass is 35.5. The Morgan fingerprint density at radius 2 is 1.72 bits per heavy atom. The third-order valence-corrected chi connectivity index (χ3v) is 5.89. The van der Waals surface area contributed by atoms with Crippen molar-refractivity contribution in [2.75, 3.05) is 32.8 Å². The minimum Gasteiger partial charge on any atom is -1.00 e. The topological polar surface area (TPSA) is 26.3 Å². The van der Waals surface area contributed by atoms with Crippen LogP contribution in [0.25, 0.3) is 0 Å². The molecule has 0 bridgehead atoms. The van der Waals surface area contributed by atoms with Gasteiger partial charge in [0.1, 0.15) is 0 Å². The Kier molecular flexibility index (Phi) is 13.0. The predicted octanol–water partition coefficient (Wildman–Crippen LogP) is 2.69. The van der Waals surface area contributed by atoms with E-state index in [2.05, 4.69) is 50.3 Å². The largest absolute Gasteiger partial charge is 1.00 e. The van der Waals surface area contributed by atoms with Crippen LogP contribution in [0.1, 0.15) is 70.8 Å². The number of carbonyl (C=O) groups is 1. The first-order valence-electron chi connectivity index (χ1n) is 11.3. The van der Waals surface area contributed by atoms with Crippen LogP contribution in [0, 0.1) is 0 Å². The van der Waals surface area contributed by atoms with Crippen molar-refractivity contribution >= 4 is 5.97 Å². The maximum Gasteiger partial charge on any atom is 0.361 e. The lowest BCUT2D eigenvalue weighted by molar-refractivity contribution is -0.920. The second kappa shape index (κ2) is 14.6. The minimum absolute atomic E-state index is 0. The molecule has 0 saturated carbocycles. The zero-order valence-corrected chi connectivity index (χ0v) is 19.3. The van der Waals surface area contributed by atoms with E-state index >= 15 is 0 Å². The van der Waals surface area contributed by atoms with Gasteiger partial charge in [0, 0.05) is 0 Å². The molecule has 0 N–H and O–H groups in total. The van der Waals surface area contributed by atoms with Crippen LogP contribution < -0.4 is 12.4 Å². The summed E-state index contributed by atoms with van der Waals surface area (Å²) in [7, 11) is 0. The van der Waals surface area contributed by atoms with E-state index in [0.29, 0.717) is 13.2 Å². The van der Waals surface area contributed by atoms with E-state index < -0.39 is 0 Å². The third kappa shape index (κ3) is 10.3. The van der Waals surface area contributed by atoms with Crippen molar-refractivity contribution < 1.29 is 26.4 Å². The van der Waals surface area contributed by atoms with Gasteiger partial charge in [-0.3, -0.25) is 0 Å². The van der Waals surface area contributed by atoms with Crippen molar-refractivity contribution in [1.29, 1.82) is 0 Å². The summed E-state index contributed by atoms with van der Waals surface area (Å²) in [5.41, 5.74) is 2.74. The molecule has 0 spiro atoms. The van der Waals surface area contributed by atoms with Gasteiger partial charge in [-0.05, 0) is 50.7 Å². The molecule has 4 heteroatoms. The Hall–Kier alpha value is -1.32. The number of quaternary nitrogens is 1. The SMILES string of the molecule is CCCCCCCOC(=O)C[N+]1(C/C=C(\C)Cc2ccccc2)CCCCC1.[Cl-]. The molecule has 29 heavy (non-hydrogen) atoms. The molecule has 1 aromatic carbocycles. The maximum atomic E-state index is 12.5. The fourth-order valence-electron chi connectivity index (χ4n) is 4.14. The first-order chi connectivity index (χ1) is 13.6. The molecule has 2 rings (SSSR count). The van der Waals surface area contributed by atoms with E-state index in [9.17, 15) is 4.79 Å². The number of ether oxygens (including phenoxy) is 1. The summed E-state index contributed by atoms with van der Waals surface area (Å²) < 4.78 is 6.45. The fraction of sp³-hybridized carbons (Fsp3) is 0.640. The molecule has 1 aromatic rings. The van der Waals surface area contributed by atoms with Crippen LogP contribution in [0.3, 0.4) is 0 Å². The normalized spacial score (nSPS) is 16.1. The number of benzene rings is 1. The van der Waals surface area contributed by atoms with E-state index in [1.165, 1.54) is 56.1 Å². The van der Waals surface area contributed by atoms with Gasteiger partial charge in [-0.2, -0.15) is 0 Å². The number of allylic oxidation sites excluding steroid dienone is 1. The van der Waals surface area contributed by atoms with Gasteiger partial charge in [-0.1, -0.05) is 68.5 Å². The average Bonchev–Trinajstić information content (AvgIpc) is 2.71. The van der Waals surface area contributed by atoms with Crippen molar-refractivity contribution in [1.82, 2.24) is 0 Å². The lowest BCUT2D eigenvalue weighted by atomic mass is 10.0. The Labute approximate surface area is 184 Å². The Morgan fingerprint density at radius 1 is 1.03 bits per heavy atom. The first kappa shape index (κ1) is 25.7. The fourth-order valence-corrected chi connectivity index (χ4v) is 4.14. The van der Waals surface area contributed by atoms with E-state index in [1.54, 1.807) is 0 Å². The number of hydrogen-bond acceptors (Lipinski definition) is 2. The third-order valence-electron chi connectivity index (χ3n) is 5.89. The minimum atomic E-state index is -0.00787. The number of piperidine rings is 1. The van der Waals surface area contributed by atoms with E-state index in [1.807, 2.05) is 0 Å². The number of esters is 1. The number of halogens is 1. The second-order valence-electron chi connectivity index (χ2n) is 8.54. The van der Waals surface area contributed by atoms with E-state index in [4.69, 9.17) is 4.74 Å². The standard InChI is InChI=1S/C25H40NO2.ClH/c1-3-4-5-6-13-20-28-25(27)22-26(17-11-8-12-18-26)19-16-23(2)21-24-14-9-7-10-15-24;/h7,9-10,14-16H,3-6,8,11-13,17-22H2,1-2H3;1H/q+1;/p-1/b23-16+;. The summed E-state index contributed by atoms with van der Waals surface area (Å²) in [6.07, 6.45) is 13.0. The molecule has 164 valence electrons. The molecule has 1 aliphatic rings. The summed E-state index contributed by atoms with van der Waals surface area (Å²) >= 11 is 0. The van der Waals surface area contributed by atoms with Crippen molar-refractivity contribution in [3.63, 3.8) is 0 Å². The van der Waals surface area contributed by atoms with Crippen molar-refractivity contribution in [2.45, 2.75) is 71.6 Å². The van der Waals surface area contributed by atoms with Gasteiger partial charge in [0.2, 0.25) is 0 Å². The van der Waals surface area contributed by atoms with Crippen LogP contribution in [0.4, 0.5) is 0 Å². The Bertz CT molecular complexity index is 594. The molecule has 0 unspecified atom stereocenters. The lowest BCUT2D eigenvalue weighted by Crippen LogP contribution is -3.00. The number of hydrogen-bond donors (Lipinski definition) is 0. The number of carbonyl (C=O) groups excluding carboxylic acids is 1. The van der Waals surface area contributed by atoms with Crippen molar-refractivity contribution in [3.05, 3.63) is 47.5 Å². The number of unbranched alkanes of at least 4 members (excludes halogenated alkanes) is 4. The summed E-state index contributed by atoms with van der Waals surface area (Å²) in [5, 5.41) is 0. The molecule has 1 heterocycles. The number of rotatable bonds is 12. The highest BCUT2D eigenvalue weighted by molar-refractivity contribution is 5.70. The predicted molar refractivity (Wildman–Crippen MR) is 117 cm³/mol. The molecule has 3 nitrogen and oxygen atoms in total.